The number of sulfonamides is 1. The molecule has 118 valence electrons. The molecule has 1 aromatic carbocycles. The highest BCUT2D eigenvalue weighted by Crippen LogP contribution is 2.23. The number of hydrogen-bond acceptors (Lipinski definition) is 4. The molecule has 0 aromatic heterocycles. The predicted octanol–water partition coefficient (Wildman–Crippen LogP) is 1.07. The maximum Gasteiger partial charge on any atom is 0.243 e. The van der Waals surface area contributed by atoms with E-state index in [1.165, 1.54) is 0 Å². The second-order valence-corrected chi connectivity index (χ2v) is 7.42. The van der Waals surface area contributed by atoms with Crippen LogP contribution in [-0.4, -0.2) is 56.0 Å². The zero-order valence-corrected chi connectivity index (χ0v) is 13.6. The standard InChI is InChI=1S/C15H24N2O3S/c1-3-14-6-5-13(12-18)11-15(14)21(19,20)17-8-4-7-16(2)9-10-17/h5-6,11,18H,3-4,7-10,12H2,1-2H3. The molecule has 1 aromatic rings. The molecule has 6 heteroatoms. The van der Waals surface area contributed by atoms with E-state index in [0.717, 1.165) is 25.1 Å². The fourth-order valence-electron chi connectivity index (χ4n) is 2.63. The normalized spacial score (nSPS) is 18.6. The van der Waals surface area contributed by atoms with Crippen molar-refractivity contribution in [1.29, 1.82) is 0 Å². The fraction of sp³-hybridized carbons (Fsp3) is 0.600. The van der Waals surface area contributed by atoms with E-state index >= 15 is 0 Å². The zero-order chi connectivity index (χ0) is 15.5. The van der Waals surface area contributed by atoms with Gasteiger partial charge in [-0.25, -0.2) is 8.42 Å². The maximum absolute atomic E-state index is 12.9. The minimum absolute atomic E-state index is 0.144. The smallest absolute Gasteiger partial charge is 0.243 e. The monoisotopic (exact) mass is 312 g/mol. The van der Waals surface area contributed by atoms with Crippen molar-refractivity contribution in [2.24, 2.45) is 0 Å². The van der Waals surface area contributed by atoms with Gasteiger partial charge in [-0.05, 0) is 43.6 Å². The van der Waals surface area contributed by atoms with Crippen molar-refractivity contribution >= 4 is 10.0 Å². The van der Waals surface area contributed by atoms with Gasteiger partial charge in [0.05, 0.1) is 11.5 Å². The summed E-state index contributed by atoms with van der Waals surface area (Å²) in [6.45, 7) is 4.55. The third-order valence-corrected chi connectivity index (χ3v) is 5.97. The highest BCUT2D eigenvalue weighted by Gasteiger charge is 2.28. The summed E-state index contributed by atoms with van der Waals surface area (Å²) in [6.07, 6.45) is 1.50. The third-order valence-electron chi connectivity index (χ3n) is 3.99. The Morgan fingerprint density at radius 3 is 2.62 bits per heavy atom. The van der Waals surface area contributed by atoms with Crippen molar-refractivity contribution in [2.75, 3.05) is 33.2 Å². The van der Waals surface area contributed by atoms with Crippen LogP contribution in [-0.2, 0) is 23.1 Å². The van der Waals surface area contributed by atoms with Gasteiger partial charge in [0.15, 0.2) is 0 Å². The molecule has 1 saturated heterocycles. The van der Waals surface area contributed by atoms with Crippen LogP contribution in [0.25, 0.3) is 0 Å². The number of nitrogens with zero attached hydrogens (tertiary/aromatic N) is 2. The van der Waals surface area contributed by atoms with Gasteiger partial charge in [-0.3, -0.25) is 0 Å². The number of rotatable bonds is 4. The first-order valence-electron chi connectivity index (χ1n) is 7.40. The Hall–Kier alpha value is -0.950. The number of aliphatic hydroxyl groups excluding tert-OH is 1. The quantitative estimate of drug-likeness (QED) is 0.903. The lowest BCUT2D eigenvalue weighted by atomic mass is 10.1. The molecule has 0 saturated carbocycles. The van der Waals surface area contributed by atoms with E-state index < -0.39 is 10.0 Å². The zero-order valence-electron chi connectivity index (χ0n) is 12.7. The second kappa shape index (κ2) is 6.87. The summed E-state index contributed by atoms with van der Waals surface area (Å²) >= 11 is 0. The van der Waals surface area contributed by atoms with Gasteiger partial charge < -0.3 is 10.0 Å². The van der Waals surface area contributed by atoms with E-state index in [-0.39, 0.29) is 6.61 Å². The number of likely N-dealkylation sites (N-methyl/N-ethyl adjacent to an activating group) is 1. The molecule has 1 fully saturated rings. The lowest BCUT2D eigenvalue weighted by molar-refractivity contribution is 0.281. The molecule has 0 bridgehead atoms. The first-order valence-corrected chi connectivity index (χ1v) is 8.84. The Kier molecular flexibility index (Phi) is 5.37. The Morgan fingerprint density at radius 2 is 1.95 bits per heavy atom. The molecule has 21 heavy (non-hydrogen) atoms. The molecule has 0 spiro atoms. The van der Waals surface area contributed by atoms with Gasteiger partial charge in [-0.1, -0.05) is 19.1 Å². The Bertz CT molecular complexity index is 587. The molecular formula is C15H24N2O3S. The Labute approximate surface area is 127 Å². The fourth-order valence-corrected chi connectivity index (χ4v) is 4.45. The molecule has 1 aliphatic rings. The van der Waals surface area contributed by atoms with Crippen LogP contribution in [0.15, 0.2) is 23.1 Å². The lowest BCUT2D eigenvalue weighted by Crippen LogP contribution is -2.35. The summed E-state index contributed by atoms with van der Waals surface area (Å²) in [4.78, 5) is 2.50. The highest BCUT2D eigenvalue weighted by atomic mass is 32.2. The SMILES string of the molecule is CCc1ccc(CO)cc1S(=O)(=O)N1CCCN(C)CC1. The largest absolute Gasteiger partial charge is 0.392 e. The van der Waals surface area contributed by atoms with Crippen LogP contribution in [0.5, 0.6) is 0 Å². The Morgan fingerprint density at radius 1 is 1.19 bits per heavy atom. The summed E-state index contributed by atoms with van der Waals surface area (Å²) in [5.41, 5.74) is 1.45. The van der Waals surface area contributed by atoms with Crippen molar-refractivity contribution in [3.8, 4) is 0 Å². The van der Waals surface area contributed by atoms with E-state index in [1.807, 2.05) is 20.0 Å². The van der Waals surface area contributed by atoms with E-state index in [9.17, 15) is 13.5 Å². The van der Waals surface area contributed by atoms with Crippen LogP contribution in [0.1, 0.15) is 24.5 Å². The molecule has 1 heterocycles. The van der Waals surface area contributed by atoms with Crippen LogP contribution >= 0.6 is 0 Å². The molecule has 0 radical (unpaired) electrons. The molecule has 0 atom stereocenters. The van der Waals surface area contributed by atoms with E-state index in [4.69, 9.17) is 0 Å². The van der Waals surface area contributed by atoms with Crippen molar-refractivity contribution in [2.45, 2.75) is 31.3 Å². The molecule has 0 aliphatic carbocycles. The summed E-state index contributed by atoms with van der Waals surface area (Å²) in [7, 11) is -1.47. The van der Waals surface area contributed by atoms with Crippen LogP contribution in [0.3, 0.4) is 0 Å². The molecular weight excluding hydrogens is 288 g/mol. The second-order valence-electron chi connectivity index (χ2n) is 5.51. The van der Waals surface area contributed by atoms with Gasteiger partial charge in [0, 0.05) is 19.6 Å². The van der Waals surface area contributed by atoms with Crippen LogP contribution in [0.4, 0.5) is 0 Å². The van der Waals surface area contributed by atoms with Gasteiger partial charge in [0.1, 0.15) is 0 Å². The minimum Gasteiger partial charge on any atom is -0.392 e. The van der Waals surface area contributed by atoms with Crippen LogP contribution < -0.4 is 0 Å². The molecule has 1 N–H and O–H groups in total. The predicted molar refractivity (Wildman–Crippen MR) is 82.6 cm³/mol. The van der Waals surface area contributed by atoms with E-state index in [2.05, 4.69) is 4.90 Å². The molecule has 0 amide bonds. The van der Waals surface area contributed by atoms with Gasteiger partial charge in [-0.2, -0.15) is 4.31 Å². The Balaban J connectivity index is 2.38. The summed E-state index contributed by atoms with van der Waals surface area (Å²) in [5.74, 6) is 0. The van der Waals surface area contributed by atoms with Crippen LogP contribution in [0.2, 0.25) is 0 Å². The summed E-state index contributed by atoms with van der Waals surface area (Å²) in [5, 5.41) is 9.27. The molecule has 2 rings (SSSR count). The number of aryl methyl sites for hydroxylation is 1. The first kappa shape index (κ1) is 16.4. The number of hydrogen-bond donors (Lipinski definition) is 1. The molecule has 5 nitrogen and oxygen atoms in total. The first-order chi connectivity index (χ1) is 9.98. The molecule has 1 aliphatic heterocycles. The number of aliphatic hydroxyl groups is 1. The average Bonchev–Trinajstić information content (AvgIpc) is 2.71. The van der Waals surface area contributed by atoms with E-state index in [1.54, 1.807) is 16.4 Å². The van der Waals surface area contributed by atoms with Crippen molar-refractivity contribution in [3.05, 3.63) is 29.3 Å². The molecule has 0 unspecified atom stereocenters. The average molecular weight is 312 g/mol. The van der Waals surface area contributed by atoms with Gasteiger partial charge in [-0.15, -0.1) is 0 Å². The minimum atomic E-state index is -3.49. The summed E-state index contributed by atoms with van der Waals surface area (Å²) < 4.78 is 27.4. The van der Waals surface area contributed by atoms with Crippen molar-refractivity contribution in [1.82, 2.24) is 9.21 Å². The van der Waals surface area contributed by atoms with Gasteiger partial charge in [0.25, 0.3) is 0 Å². The van der Waals surface area contributed by atoms with E-state index in [0.29, 0.717) is 30.0 Å². The maximum atomic E-state index is 12.9. The topological polar surface area (TPSA) is 60.9 Å². The third kappa shape index (κ3) is 3.63. The van der Waals surface area contributed by atoms with Crippen LogP contribution in [0, 0.1) is 0 Å². The lowest BCUT2D eigenvalue weighted by Gasteiger charge is -2.22. The van der Waals surface area contributed by atoms with Gasteiger partial charge in [0.2, 0.25) is 10.0 Å². The number of benzene rings is 1. The van der Waals surface area contributed by atoms with Gasteiger partial charge >= 0.3 is 0 Å². The van der Waals surface area contributed by atoms with Crippen molar-refractivity contribution in [3.63, 3.8) is 0 Å². The van der Waals surface area contributed by atoms with Crippen molar-refractivity contribution < 1.29 is 13.5 Å². The highest BCUT2D eigenvalue weighted by molar-refractivity contribution is 7.89. The summed E-state index contributed by atoms with van der Waals surface area (Å²) in [6, 6.07) is 5.21.